The summed E-state index contributed by atoms with van der Waals surface area (Å²) in [5.41, 5.74) is -0.485. The summed E-state index contributed by atoms with van der Waals surface area (Å²) in [5.74, 6) is 1.65. The lowest BCUT2D eigenvalue weighted by molar-refractivity contribution is 0.0211. The van der Waals surface area contributed by atoms with E-state index in [1.807, 2.05) is 37.6 Å². The van der Waals surface area contributed by atoms with Gasteiger partial charge < -0.3 is 14.5 Å². The molecule has 146 valence electrons. The van der Waals surface area contributed by atoms with Crippen LogP contribution in [0, 0.1) is 0 Å². The average molecular weight is 372 g/mol. The zero-order valence-electron chi connectivity index (χ0n) is 16.5. The fraction of sp³-hybridized carbons (Fsp3) is 0.579. The van der Waals surface area contributed by atoms with Crippen LogP contribution in [0.5, 0.6) is 0 Å². The van der Waals surface area contributed by atoms with Crippen LogP contribution in [0.3, 0.4) is 0 Å². The highest BCUT2D eigenvalue weighted by molar-refractivity contribution is 5.68. The van der Waals surface area contributed by atoms with Crippen LogP contribution in [0.2, 0.25) is 0 Å². The van der Waals surface area contributed by atoms with Gasteiger partial charge >= 0.3 is 6.09 Å². The van der Waals surface area contributed by atoms with Crippen LogP contribution >= 0.6 is 0 Å². The number of aromatic nitrogens is 4. The van der Waals surface area contributed by atoms with E-state index >= 15 is 0 Å². The minimum atomic E-state index is -0.485. The third-order valence-corrected chi connectivity index (χ3v) is 4.46. The van der Waals surface area contributed by atoms with Gasteiger partial charge in [-0.05, 0) is 27.2 Å². The highest BCUT2D eigenvalue weighted by Gasteiger charge is 2.32. The van der Waals surface area contributed by atoms with Crippen molar-refractivity contribution in [2.75, 3.05) is 24.5 Å². The fourth-order valence-electron chi connectivity index (χ4n) is 3.26. The molecule has 8 heteroatoms. The standard InChI is InChI=1S/C19H28N6O2/c1-5-6-15-12-23(18(26)27-19(2,3)4)9-10-25(15)17-11-16(21-13-22-17)24-8-7-20-14-24/h7-8,11,13-15H,5-6,9-10,12H2,1-4H3/t15-/m0/s1. The van der Waals surface area contributed by atoms with Crippen molar-refractivity contribution in [2.24, 2.45) is 0 Å². The molecule has 0 N–H and O–H groups in total. The molecule has 1 saturated heterocycles. The summed E-state index contributed by atoms with van der Waals surface area (Å²) in [6.45, 7) is 9.79. The zero-order chi connectivity index (χ0) is 19.4. The molecule has 1 aliphatic rings. The quantitative estimate of drug-likeness (QED) is 0.821. The van der Waals surface area contributed by atoms with Crippen LogP contribution in [-0.4, -0.2) is 61.8 Å². The Morgan fingerprint density at radius 2 is 2.04 bits per heavy atom. The van der Waals surface area contributed by atoms with Gasteiger partial charge in [-0.3, -0.25) is 4.57 Å². The third-order valence-electron chi connectivity index (χ3n) is 4.46. The van der Waals surface area contributed by atoms with Crippen LogP contribution in [-0.2, 0) is 4.74 Å². The molecule has 0 radical (unpaired) electrons. The van der Waals surface area contributed by atoms with E-state index in [9.17, 15) is 4.79 Å². The largest absolute Gasteiger partial charge is 0.444 e. The minimum absolute atomic E-state index is 0.196. The Kier molecular flexibility index (Phi) is 5.62. The molecule has 27 heavy (non-hydrogen) atoms. The number of nitrogens with zero attached hydrogens (tertiary/aromatic N) is 6. The topological polar surface area (TPSA) is 76.4 Å². The Morgan fingerprint density at radius 1 is 1.26 bits per heavy atom. The van der Waals surface area contributed by atoms with Crippen LogP contribution in [0.25, 0.3) is 5.82 Å². The van der Waals surface area contributed by atoms with Gasteiger partial charge in [-0.25, -0.2) is 19.7 Å². The molecule has 8 nitrogen and oxygen atoms in total. The van der Waals surface area contributed by atoms with Gasteiger partial charge in [0.25, 0.3) is 0 Å². The first kappa shape index (κ1) is 19.1. The molecule has 1 aliphatic heterocycles. The van der Waals surface area contributed by atoms with Crippen molar-refractivity contribution in [3.05, 3.63) is 31.1 Å². The summed E-state index contributed by atoms with van der Waals surface area (Å²) < 4.78 is 7.40. The summed E-state index contributed by atoms with van der Waals surface area (Å²) in [5, 5.41) is 0. The minimum Gasteiger partial charge on any atom is -0.444 e. The van der Waals surface area contributed by atoms with E-state index < -0.39 is 5.60 Å². The molecule has 3 rings (SSSR count). The summed E-state index contributed by atoms with van der Waals surface area (Å²) in [6, 6.07) is 2.16. The van der Waals surface area contributed by atoms with E-state index in [1.165, 1.54) is 0 Å². The van der Waals surface area contributed by atoms with Crippen molar-refractivity contribution < 1.29 is 9.53 Å². The summed E-state index contributed by atoms with van der Waals surface area (Å²) in [4.78, 5) is 29.4. The van der Waals surface area contributed by atoms with E-state index in [2.05, 4.69) is 26.8 Å². The normalized spacial score (nSPS) is 17.9. The van der Waals surface area contributed by atoms with Gasteiger partial charge in [0.15, 0.2) is 0 Å². The molecular formula is C19H28N6O2. The maximum Gasteiger partial charge on any atom is 0.410 e. The number of hydrogen-bond donors (Lipinski definition) is 0. The molecule has 0 aliphatic carbocycles. The highest BCUT2D eigenvalue weighted by atomic mass is 16.6. The SMILES string of the molecule is CCC[C@H]1CN(C(=O)OC(C)(C)C)CCN1c1cc(-n2ccnc2)ncn1. The van der Waals surface area contributed by atoms with Gasteiger partial charge in [0, 0.05) is 44.1 Å². The number of hydrogen-bond acceptors (Lipinski definition) is 6. The molecule has 1 fully saturated rings. The predicted molar refractivity (Wildman–Crippen MR) is 103 cm³/mol. The van der Waals surface area contributed by atoms with Crippen LogP contribution in [0.4, 0.5) is 10.6 Å². The zero-order valence-corrected chi connectivity index (χ0v) is 16.5. The van der Waals surface area contributed by atoms with Gasteiger partial charge in [-0.15, -0.1) is 0 Å². The van der Waals surface area contributed by atoms with E-state index in [0.29, 0.717) is 19.6 Å². The van der Waals surface area contributed by atoms with Crippen LogP contribution in [0.1, 0.15) is 40.5 Å². The number of imidazole rings is 1. The first-order valence-electron chi connectivity index (χ1n) is 9.42. The number of anilines is 1. The Morgan fingerprint density at radius 3 is 2.70 bits per heavy atom. The maximum absolute atomic E-state index is 12.5. The van der Waals surface area contributed by atoms with Gasteiger partial charge in [0.1, 0.15) is 29.9 Å². The van der Waals surface area contributed by atoms with Gasteiger partial charge in [0.2, 0.25) is 0 Å². The van der Waals surface area contributed by atoms with E-state index in [4.69, 9.17) is 4.74 Å². The van der Waals surface area contributed by atoms with Gasteiger partial charge in [-0.1, -0.05) is 13.3 Å². The summed E-state index contributed by atoms with van der Waals surface area (Å²) in [6.07, 6.45) is 8.64. The molecule has 0 spiro atoms. The lowest BCUT2D eigenvalue weighted by atomic mass is 10.1. The second-order valence-electron chi connectivity index (χ2n) is 7.77. The first-order valence-corrected chi connectivity index (χ1v) is 9.42. The van der Waals surface area contributed by atoms with Crippen molar-refractivity contribution in [2.45, 2.75) is 52.2 Å². The monoisotopic (exact) mass is 372 g/mol. The third kappa shape index (κ3) is 4.75. The Labute approximate surface area is 160 Å². The molecule has 0 unspecified atom stereocenters. The molecule has 1 amide bonds. The molecule has 0 bridgehead atoms. The average Bonchev–Trinajstić information content (AvgIpc) is 3.15. The lowest BCUT2D eigenvalue weighted by Gasteiger charge is -2.42. The van der Waals surface area contributed by atoms with E-state index in [0.717, 1.165) is 24.5 Å². The fourth-order valence-corrected chi connectivity index (χ4v) is 3.26. The number of ether oxygens (including phenoxy) is 1. The highest BCUT2D eigenvalue weighted by Crippen LogP contribution is 2.23. The van der Waals surface area contributed by atoms with Gasteiger partial charge in [-0.2, -0.15) is 0 Å². The predicted octanol–water partition coefficient (Wildman–Crippen LogP) is 2.89. The van der Waals surface area contributed by atoms with Crippen LogP contribution in [0.15, 0.2) is 31.1 Å². The number of rotatable bonds is 4. The second kappa shape index (κ2) is 7.94. The Hall–Kier alpha value is -2.64. The molecule has 0 saturated carbocycles. The molecule has 2 aromatic rings. The smallest absolute Gasteiger partial charge is 0.410 e. The molecule has 0 aromatic carbocycles. The van der Waals surface area contributed by atoms with Crippen LogP contribution < -0.4 is 4.90 Å². The van der Waals surface area contributed by atoms with E-state index in [1.54, 1.807) is 23.8 Å². The molecular weight excluding hydrogens is 344 g/mol. The van der Waals surface area contributed by atoms with Crippen molar-refractivity contribution in [3.63, 3.8) is 0 Å². The summed E-state index contributed by atoms with van der Waals surface area (Å²) in [7, 11) is 0. The Balaban J connectivity index is 1.76. The van der Waals surface area contributed by atoms with E-state index in [-0.39, 0.29) is 12.1 Å². The number of carbonyl (C=O) groups excluding carboxylic acids is 1. The second-order valence-corrected chi connectivity index (χ2v) is 7.77. The lowest BCUT2D eigenvalue weighted by Crippen LogP contribution is -2.56. The van der Waals surface area contributed by atoms with Crippen molar-refractivity contribution >= 4 is 11.9 Å². The maximum atomic E-state index is 12.5. The molecule has 3 heterocycles. The first-order chi connectivity index (χ1) is 12.9. The van der Waals surface area contributed by atoms with Crippen molar-refractivity contribution in [1.29, 1.82) is 0 Å². The molecule has 2 aromatic heterocycles. The summed E-state index contributed by atoms with van der Waals surface area (Å²) >= 11 is 0. The number of carbonyl (C=O) groups is 1. The number of amides is 1. The molecule has 1 atom stereocenters. The number of piperazine rings is 1. The Bertz CT molecular complexity index is 756. The van der Waals surface area contributed by atoms with Crippen molar-refractivity contribution in [3.8, 4) is 5.82 Å². The van der Waals surface area contributed by atoms with Gasteiger partial charge in [0.05, 0.1) is 0 Å². The van der Waals surface area contributed by atoms with Crippen molar-refractivity contribution in [1.82, 2.24) is 24.4 Å².